The van der Waals surface area contributed by atoms with E-state index in [4.69, 9.17) is 15.5 Å². The van der Waals surface area contributed by atoms with Crippen molar-refractivity contribution in [3.8, 4) is 17.1 Å². The molecule has 2 aromatic carbocycles. The molecule has 3 aromatic rings. The average molecular weight is 332 g/mol. The van der Waals surface area contributed by atoms with E-state index in [-0.39, 0.29) is 0 Å². The molecule has 3 rings (SSSR count). The van der Waals surface area contributed by atoms with Crippen LogP contribution in [0.5, 0.6) is 5.75 Å². The predicted molar refractivity (Wildman–Crippen MR) is 84.8 cm³/mol. The third-order valence-corrected chi connectivity index (χ3v) is 3.80. The standard InChI is InChI=1S/C15H14BrN3O/c1-19-13-6-3-9(16)7-12(13)18-15(19)11-5-4-10(17)8-14(11)20-2/h3-8H,17H2,1-2H3. The lowest BCUT2D eigenvalue weighted by Crippen LogP contribution is -1.96. The number of nitrogens with two attached hydrogens (primary N) is 1. The van der Waals surface area contributed by atoms with Crippen molar-refractivity contribution in [1.29, 1.82) is 0 Å². The van der Waals surface area contributed by atoms with Crippen LogP contribution in [0.3, 0.4) is 0 Å². The summed E-state index contributed by atoms with van der Waals surface area (Å²) in [6.45, 7) is 0. The van der Waals surface area contributed by atoms with Gasteiger partial charge in [0.2, 0.25) is 0 Å². The summed E-state index contributed by atoms with van der Waals surface area (Å²) in [4.78, 5) is 4.69. The number of hydrogen-bond donors (Lipinski definition) is 1. The number of aryl methyl sites for hydroxylation is 1. The summed E-state index contributed by atoms with van der Waals surface area (Å²) in [5, 5.41) is 0. The molecule has 0 saturated heterocycles. The van der Waals surface area contributed by atoms with Crippen LogP contribution in [0.1, 0.15) is 0 Å². The molecule has 0 aliphatic heterocycles. The minimum atomic E-state index is 0.673. The van der Waals surface area contributed by atoms with Gasteiger partial charge in [-0.1, -0.05) is 15.9 Å². The Morgan fingerprint density at radius 1 is 1.20 bits per heavy atom. The molecular weight excluding hydrogens is 318 g/mol. The largest absolute Gasteiger partial charge is 0.496 e. The van der Waals surface area contributed by atoms with E-state index in [0.29, 0.717) is 5.69 Å². The Bertz CT molecular complexity index is 795. The number of fused-ring (bicyclic) bond motifs is 1. The zero-order chi connectivity index (χ0) is 14.3. The van der Waals surface area contributed by atoms with Gasteiger partial charge < -0.3 is 15.0 Å². The van der Waals surface area contributed by atoms with Crippen LogP contribution in [0.4, 0.5) is 5.69 Å². The quantitative estimate of drug-likeness (QED) is 0.730. The molecule has 0 radical (unpaired) electrons. The molecule has 0 spiro atoms. The van der Waals surface area contributed by atoms with E-state index in [0.717, 1.165) is 32.6 Å². The van der Waals surface area contributed by atoms with Crippen LogP contribution in [-0.4, -0.2) is 16.7 Å². The maximum absolute atomic E-state index is 5.80. The maximum Gasteiger partial charge on any atom is 0.144 e. The molecule has 20 heavy (non-hydrogen) atoms. The first kappa shape index (κ1) is 13.0. The smallest absolute Gasteiger partial charge is 0.144 e. The first-order chi connectivity index (χ1) is 9.60. The Balaban J connectivity index is 2.27. The van der Waals surface area contributed by atoms with Crippen molar-refractivity contribution < 1.29 is 4.74 Å². The lowest BCUT2D eigenvalue weighted by Gasteiger charge is -2.09. The Hall–Kier alpha value is -2.01. The zero-order valence-corrected chi connectivity index (χ0v) is 12.8. The second-order valence-corrected chi connectivity index (χ2v) is 5.50. The van der Waals surface area contributed by atoms with Crippen molar-refractivity contribution in [2.75, 3.05) is 12.8 Å². The van der Waals surface area contributed by atoms with Crippen molar-refractivity contribution in [3.05, 3.63) is 40.9 Å². The number of methoxy groups -OCH3 is 1. The van der Waals surface area contributed by atoms with Crippen LogP contribution in [0.25, 0.3) is 22.4 Å². The van der Waals surface area contributed by atoms with Crippen molar-refractivity contribution in [2.24, 2.45) is 7.05 Å². The fraction of sp³-hybridized carbons (Fsp3) is 0.133. The molecule has 0 fully saturated rings. The van der Waals surface area contributed by atoms with Crippen LogP contribution in [0, 0.1) is 0 Å². The van der Waals surface area contributed by atoms with Gasteiger partial charge in [0.05, 0.1) is 23.7 Å². The zero-order valence-electron chi connectivity index (χ0n) is 11.2. The highest BCUT2D eigenvalue weighted by molar-refractivity contribution is 9.10. The summed E-state index contributed by atoms with van der Waals surface area (Å²) in [5.74, 6) is 1.58. The Kier molecular flexibility index (Phi) is 3.14. The number of rotatable bonds is 2. The first-order valence-electron chi connectivity index (χ1n) is 6.16. The molecule has 0 bridgehead atoms. The minimum Gasteiger partial charge on any atom is -0.496 e. The van der Waals surface area contributed by atoms with Crippen LogP contribution < -0.4 is 10.5 Å². The Labute approximate surface area is 125 Å². The van der Waals surface area contributed by atoms with Gasteiger partial charge in [-0.15, -0.1) is 0 Å². The SMILES string of the molecule is COc1cc(N)ccc1-c1nc2cc(Br)ccc2n1C. The molecule has 102 valence electrons. The normalized spacial score (nSPS) is 10.9. The minimum absolute atomic E-state index is 0.673. The third kappa shape index (κ3) is 2.04. The molecule has 0 aliphatic rings. The predicted octanol–water partition coefficient (Wildman–Crippen LogP) is 3.59. The molecule has 1 aromatic heterocycles. The van der Waals surface area contributed by atoms with Crippen LogP contribution in [-0.2, 0) is 7.05 Å². The molecule has 0 aliphatic carbocycles. The van der Waals surface area contributed by atoms with Gasteiger partial charge in [0, 0.05) is 23.3 Å². The molecular formula is C15H14BrN3O. The van der Waals surface area contributed by atoms with Gasteiger partial charge in [-0.05, 0) is 30.3 Å². The van der Waals surface area contributed by atoms with E-state index in [1.807, 2.05) is 43.4 Å². The summed E-state index contributed by atoms with van der Waals surface area (Å²) in [5.41, 5.74) is 9.41. The lowest BCUT2D eigenvalue weighted by molar-refractivity contribution is 0.416. The molecule has 2 N–H and O–H groups in total. The third-order valence-electron chi connectivity index (χ3n) is 3.31. The molecule has 0 atom stereocenters. The second-order valence-electron chi connectivity index (χ2n) is 4.59. The Morgan fingerprint density at radius 3 is 2.75 bits per heavy atom. The molecule has 0 saturated carbocycles. The van der Waals surface area contributed by atoms with Crippen LogP contribution in [0.2, 0.25) is 0 Å². The summed E-state index contributed by atoms with van der Waals surface area (Å²) < 4.78 is 8.48. The highest BCUT2D eigenvalue weighted by atomic mass is 79.9. The monoisotopic (exact) mass is 331 g/mol. The number of hydrogen-bond acceptors (Lipinski definition) is 3. The van der Waals surface area contributed by atoms with Crippen molar-refractivity contribution in [3.63, 3.8) is 0 Å². The van der Waals surface area contributed by atoms with Gasteiger partial charge in [-0.25, -0.2) is 4.98 Å². The number of benzene rings is 2. The van der Waals surface area contributed by atoms with Gasteiger partial charge >= 0.3 is 0 Å². The summed E-state index contributed by atoms with van der Waals surface area (Å²) in [7, 11) is 3.63. The maximum atomic E-state index is 5.80. The van der Waals surface area contributed by atoms with Crippen LogP contribution >= 0.6 is 15.9 Å². The number of aromatic nitrogens is 2. The van der Waals surface area contributed by atoms with E-state index in [9.17, 15) is 0 Å². The molecule has 0 amide bonds. The van der Waals surface area contributed by atoms with Crippen molar-refractivity contribution in [1.82, 2.24) is 9.55 Å². The fourth-order valence-electron chi connectivity index (χ4n) is 2.31. The number of halogens is 1. The average Bonchev–Trinajstić information content (AvgIpc) is 2.75. The van der Waals surface area contributed by atoms with E-state index in [1.165, 1.54) is 0 Å². The summed E-state index contributed by atoms with van der Waals surface area (Å²) in [6, 6.07) is 11.7. The number of nitrogens with zero attached hydrogens (tertiary/aromatic N) is 2. The summed E-state index contributed by atoms with van der Waals surface area (Å²) in [6.07, 6.45) is 0. The van der Waals surface area contributed by atoms with Gasteiger partial charge in [0.15, 0.2) is 0 Å². The number of anilines is 1. The van der Waals surface area contributed by atoms with E-state index >= 15 is 0 Å². The van der Waals surface area contributed by atoms with Gasteiger partial charge in [-0.2, -0.15) is 0 Å². The van der Waals surface area contributed by atoms with Crippen LogP contribution in [0.15, 0.2) is 40.9 Å². The van der Waals surface area contributed by atoms with E-state index in [1.54, 1.807) is 7.11 Å². The highest BCUT2D eigenvalue weighted by Gasteiger charge is 2.14. The number of nitrogen functional groups attached to an aromatic ring is 1. The van der Waals surface area contributed by atoms with Crippen molar-refractivity contribution >= 4 is 32.7 Å². The highest BCUT2D eigenvalue weighted by Crippen LogP contribution is 2.33. The first-order valence-corrected chi connectivity index (χ1v) is 6.95. The summed E-state index contributed by atoms with van der Waals surface area (Å²) >= 11 is 3.47. The fourth-order valence-corrected chi connectivity index (χ4v) is 2.66. The molecule has 5 heteroatoms. The van der Waals surface area contributed by atoms with Gasteiger partial charge in [-0.3, -0.25) is 0 Å². The second kappa shape index (κ2) is 4.83. The lowest BCUT2D eigenvalue weighted by atomic mass is 10.1. The number of imidazole rings is 1. The van der Waals surface area contributed by atoms with Gasteiger partial charge in [0.1, 0.15) is 11.6 Å². The topological polar surface area (TPSA) is 53.1 Å². The molecule has 4 nitrogen and oxygen atoms in total. The van der Waals surface area contributed by atoms with Gasteiger partial charge in [0.25, 0.3) is 0 Å². The Morgan fingerprint density at radius 2 is 2.00 bits per heavy atom. The van der Waals surface area contributed by atoms with E-state index in [2.05, 4.69) is 20.5 Å². The van der Waals surface area contributed by atoms with E-state index < -0.39 is 0 Å². The molecule has 0 unspecified atom stereocenters. The van der Waals surface area contributed by atoms with Crippen molar-refractivity contribution in [2.45, 2.75) is 0 Å². The number of ether oxygens (including phenoxy) is 1. The molecule has 1 heterocycles.